The maximum absolute atomic E-state index is 13.0. The van der Waals surface area contributed by atoms with E-state index >= 15 is 0 Å². The minimum Gasteiger partial charge on any atom is -0.493 e. The summed E-state index contributed by atoms with van der Waals surface area (Å²) in [6.07, 6.45) is 2.92. The van der Waals surface area contributed by atoms with Gasteiger partial charge in [-0.3, -0.25) is 14.6 Å². The number of nitrogens with zero attached hydrogens (tertiary/aromatic N) is 1. The Labute approximate surface area is 202 Å². The van der Waals surface area contributed by atoms with Gasteiger partial charge in [0.1, 0.15) is 28.8 Å². The first-order valence-corrected chi connectivity index (χ1v) is 11.3. The molecule has 0 spiro atoms. The van der Waals surface area contributed by atoms with Gasteiger partial charge in [-0.15, -0.1) is 0 Å². The van der Waals surface area contributed by atoms with E-state index in [1.54, 1.807) is 48.7 Å². The zero-order chi connectivity index (χ0) is 24.8. The number of benzene rings is 3. The van der Waals surface area contributed by atoms with Crippen LogP contribution in [-0.2, 0) is 17.6 Å². The summed E-state index contributed by atoms with van der Waals surface area (Å²) in [6, 6.07) is 18.2. The van der Waals surface area contributed by atoms with Crippen molar-refractivity contribution < 1.29 is 23.5 Å². The smallest absolute Gasteiger partial charge is 0.252 e. The lowest BCUT2D eigenvalue weighted by atomic mass is 10.0. The van der Waals surface area contributed by atoms with Crippen molar-refractivity contribution in [2.45, 2.75) is 26.2 Å². The molecule has 0 aliphatic rings. The van der Waals surface area contributed by atoms with Crippen LogP contribution in [0.15, 0.2) is 72.9 Å². The molecular formula is C28H25FN2O4. The molecule has 0 saturated heterocycles. The van der Waals surface area contributed by atoms with Crippen molar-refractivity contribution in [1.29, 1.82) is 0 Å². The number of halogens is 1. The van der Waals surface area contributed by atoms with Gasteiger partial charge in [0.05, 0.1) is 17.7 Å². The lowest BCUT2D eigenvalue weighted by molar-refractivity contribution is -0.117. The predicted molar refractivity (Wildman–Crippen MR) is 131 cm³/mol. The molecule has 1 amide bonds. The maximum atomic E-state index is 13.0. The van der Waals surface area contributed by atoms with E-state index in [-0.39, 0.29) is 30.0 Å². The number of nitrogens with two attached hydrogens (primary N) is 1. The third-order valence-electron chi connectivity index (χ3n) is 5.40. The molecule has 4 rings (SSSR count). The van der Waals surface area contributed by atoms with Gasteiger partial charge in [0.2, 0.25) is 0 Å². The molecule has 0 aliphatic carbocycles. The predicted octanol–water partition coefficient (Wildman–Crippen LogP) is 5.41. The van der Waals surface area contributed by atoms with Gasteiger partial charge < -0.3 is 15.2 Å². The average molecular weight is 473 g/mol. The van der Waals surface area contributed by atoms with Gasteiger partial charge in [0.15, 0.2) is 0 Å². The number of hydrogen-bond acceptors (Lipinski definition) is 5. The fourth-order valence-electron chi connectivity index (χ4n) is 3.68. The SMILES string of the molecule is CCCOc1cc2nccc(Oc3ccc(CC(=O)Cc4ccc(F)cc4)cc3)c2cc1C(N)=O. The summed E-state index contributed by atoms with van der Waals surface area (Å²) >= 11 is 0. The van der Waals surface area contributed by atoms with Crippen LogP contribution >= 0.6 is 0 Å². The van der Waals surface area contributed by atoms with Crippen LogP contribution in [0, 0.1) is 5.82 Å². The van der Waals surface area contributed by atoms with Crippen LogP contribution in [0.1, 0.15) is 34.8 Å². The van der Waals surface area contributed by atoms with E-state index in [1.807, 2.05) is 19.1 Å². The zero-order valence-corrected chi connectivity index (χ0v) is 19.3. The number of pyridine rings is 1. The number of fused-ring (bicyclic) bond motifs is 1. The van der Waals surface area contributed by atoms with Crippen molar-refractivity contribution in [3.05, 3.63) is 95.4 Å². The summed E-state index contributed by atoms with van der Waals surface area (Å²) in [6.45, 7) is 2.43. The van der Waals surface area contributed by atoms with Gasteiger partial charge in [-0.2, -0.15) is 0 Å². The maximum Gasteiger partial charge on any atom is 0.252 e. The zero-order valence-electron chi connectivity index (χ0n) is 19.3. The summed E-state index contributed by atoms with van der Waals surface area (Å²) in [7, 11) is 0. The van der Waals surface area contributed by atoms with Crippen LogP contribution in [0.5, 0.6) is 17.2 Å². The fraction of sp³-hybridized carbons (Fsp3) is 0.179. The molecule has 7 heteroatoms. The van der Waals surface area contributed by atoms with Crippen LogP contribution in [0.4, 0.5) is 4.39 Å². The minimum atomic E-state index is -0.595. The highest BCUT2D eigenvalue weighted by Crippen LogP contribution is 2.33. The molecule has 6 nitrogen and oxygen atoms in total. The Morgan fingerprint density at radius 3 is 2.20 bits per heavy atom. The van der Waals surface area contributed by atoms with E-state index in [4.69, 9.17) is 15.2 Å². The highest BCUT2D eigenvalue weighted by Gasteiger charge is 2.15. The second kappa shape index (κ2) is 10.8. The van der Waals surface area contributed by atoms with Crippen LogP contribution < -0.4 is 15.2 Å². The van der Waals surface area contributed by atoms with E-state index in [0.29, 0.717) is 34.8 Å². The Balaban J connectivity index is 1.49. The molecule has 0 unspecified atom stereocenters. The van der Waals surface area contributed by atoms with Crippen molar-refractivity contribution >= 4 is 22.6 Å². The number of hydrogen-bond donors (Lipinski definition) is 1. The van der Waals surface area contributed by atoms with Crippen LogP contribution in [-0.4, -0.2) is 23.3 Å². The Hall–Kier alpha value is -4.26. The van der Waals surface area contributed by atoms with Gasteiger partial charge >= 0.3 is 0 Å². The summed E-state index contributed by atoms with van der Waals surface area (Å²) in [5, 5.41) is 0.628. The third-order valence-corrected chi connectivity index (χ3v) is 5.40. The van der Waals surface area contributed by atoms with Crippen LogP contribution in [0.25, 0.3) is 10.9 Å². The first kappa shape index (κ1) is 23.9. The van der Waals surface area contributed by atoms with E-state index in [1.165, 1.54) is 12.1 Å². The average Bonchev–Trinajstić information content (AvgIpc) is 2.85. The Morgan fingerprint density at radius 2 is 1.57 bits per heavy atom. The quantitative estimate of drug-likeness (QED) is 0.333. The number of primary amides is 1. The lowest BCUT2D eigenvalue weighted by Gasteiger charge is -2.13. The summed E-state index contributed by atoms with van der Waals surface area (Å²) in [5.74, 6) is 0.591. The number of Topliss-reactive ketones (excluding diaryl/α,β-unsaturated/α-hetero) is 1. The van der Waals surface area contributed by atoms with Gasteiger partial charge in [0, 0.05) is 30.5 Å². The van der Waals surface area contributed by atoms with Crippen LogP contribution in [0.3, 0.4) is 0 Å². The highest BCUT2D eigenvalue weighted by atomic mass is 19.1. The van der Waals surface area contributed by atoms with Crippen molar-refractivity contribution in [3.63, 3.8) is 0 Å². The Morgan fingerprint density at radius 1 is 0.914 bits per heavy atom. The fourth-order valence-corrected chi connectivity index (χ4v) is 3.68. The Kier molecular flexibility index (Phi) is 7.35. The van der Waals surface area contributed by atoms with Crippen LogP contribution in [0.2, 0.25) is 0 Å². The molecule has 0 fully saturated rings. The van der Waals surface area contributed by atoms with Crippen molar-refractivity contribution in [1.82, 2.24) is 4.98 Å². The van der Waals surface area contributed by atoms with Crippen molar-refractivity contribution in [3.8, 4) is 17.2 Å². The van der Waals surface area contributed by atoms with Gasteiger partial charge in [0.25, 0.3) is 5.91 Å². The molecule has 35 heavy (non-hydrogen) atoms. The number of ketones is 1. The van der Waals surface area contributed by atoms with Gasteiger partial charge in [-0.25, -0.2) is 4.39 Å². The first-order chi connectivity index (χ1) is 16.9. The normalized spacial score (nSPS) is 10.8. The second-order valence-corrected chi connectivity index (χ2v) is 8.15. The van der Waals surface area contributed by atoms with Crippen molar-refractivity contribution in [2.75, 3.05) is 6.61 Å². The number of rotatable bonds is 10. The van der Waals surface area contributed by atoms with Gasteiger partial charge in [-0.05, 0) is 53.9 Å². The number of carbonyl (C=O) groups excluding carboxylic acids is 2. The minimum absolute atomic E-state index is 0.0329. The van der Waals surface area contributed by atoms with Gasteiger partial charge in [-0.1, -0.05) is 31.2 Å². The molecule has 3 aromatic carbocycles. The topological polar surface area (TPSA) is 91.5 Å². The second-order valence-electron chi connectivity index (χ2n) is 8.15. The molecule has 0 radical (unpaired) electrons. The third kappa shape index (κ3) is 6.00. The summed E-state index contributed by atoms with van der Waals surface area (Å²) < 4.78 is 24.8. The number of carbonyl (C=O) groups is 2. The van der Waals surface area contributed by atoms with Crippen molar-refractivity contribution in [2.24, 2.45) is 5.73 Å². The summed E-state index contributed by atoms with van der Waals surface area (Å²) in [5.41, 5.74) is 8.07. The molecule has 0 saturated carbocycles. The molecule has 2 N–H and O–H groups in total. The monoisotopic (exact) mass is 472 g/mol. The largest absolute Gasteiger partial charge is 0.493 e. The summed E-state index contributed by atoms with van der Waals surface area (Å²) in [4.78, 5) is 28.7. The van der Waals surface area contributed by atoms with E-state index in [0.717, 1.165) is 17.5 Å². The molecule has 1 aromatic heterocycles. The van der Waals surface area contributed by atoms with E-state index < -0.39 is 5.91 Å². The Bertz CT molecular complexity index is 1350. The van der Waals surface area contributed by atoms with E-state index in [2.05, 4.69) is 4.98 Å². The van der Waals surface area contributed by atoms with E-state index in [9.17, 15) is 14.0 Å². The molecule has 0 bridgehead atoms. The molecule has 178 valence electrons. The standard InChI is InChI=1S/C28H25FN2O4/c1-2-13-34-27-17-25-23(16-24(27)28(30)33)26(11-12-31-25)35-22-9-5-19(6-10-22)15-21(32)14-18-3-7-20(29)8-4-18/h3-12,16-17H,2,13-15H2,1H3,(H2,30,33). The molecular weight excluding hydrogens is 447 g/mol. The highest BCUT2D eigenvalue weighted by molar-refractivity contribution is 6.01. The molecule has 0 atom stereocenters. The molecule has 1 heterocycles. The lowest BCUT2D eigenvalue weighted by Crippen LogP contribution is -2.13. The number of amides is 1. The number of aromatic nitrogens is 1. The first-order valence-electron chi connectivity index (χ1n) is 11.3. The molecule has 0 aliphatic heterocycles. The number of ether oxygens (including phenoxy) is 2. The molecule has 4 aromatic rings.